The number of hydrogen-bond donors (Lipinski definition) is 2. The van der Waals surface area contributed by atoms with Gasteiger partial charge in [-0.1, -0.05) is 24.6 Å². The van der Waals surface area contributed by atoms with Gasteiger partial charge in [-0.3, -0.25) is 0 Å². The Kier molecular flexibility index (Phi) is 4.40. The zero-order valence-electron chi connectivity index (χ0n) is 8.63. The molecule has 1 aromatic carbocycles. The van der Waals surface area contributed by atoms with Crippen LogP contribution >= 0.6 is 12.2 Å². The highest BCUT2D eigenvalue weighted by atomic mass is 32.1. The van der Waals surface area contributed by atoms with Crippen LogP contribution in [-0.2, 0) is 0 Å². The van der Waals surface area contributed by atoms with Gasteiger partial charge in [-0.2, -0.15) is 0 Å². The van der Waals surface area contributed by atoms with Crippen molar-refractivity contribution in [1.29, 1.82) is 0 Å². The Hall–Kier alpha value is -1.09. The molecule has 76 valence electrons. The molecule has 0 aromatic heterocycles. The Morgan fingerprint density at radius 3 is 2.50 bits per heavy atom. The van der Waals surface area contributed by atoms with Gasteiger partial charge in [0.05, 0.1) is 0 Å². The first kappa shape index (κ1) is 11.0. The summed E-state index contributed by atoms with van der Waals surface area (Å²) in [6.07, 6.45) is 1.08. The number of rotatable bonds is 3. The normalized spacial score (nSPS) is 9.57. The van der Waals surface area contributed by atoms with E-state index in [-0.39, 0.29) is 0 Å². The van der Waals surface area contributed by atoms with Crippen molar-refractivity contribution in [2.75, 3.05) is 11.9 Å². The van der Waals surface area contributed by atoms with E-state index >= 15 is 0 Å². The number of thiocarbonyl (C=S) groups is 1. The summed E-state index contributed by atoms with van der Waals surface area (Å²) in [4.78, 5) is 0. The molecule has 1 rings (SSSR count). The highest BCUT2D eigenvalue weighted by molar-refractivity contribution is 7.80. The molecule has 3 heteroatoms. The topological polar surface area (TPSA) is 24.1 Å². The summed E-state index contributed by atoms with van der Waals surface area (Å²) >= 11 is 5.11. The van der Waals surface area contributed by atoms with Gasteiger partial charge in [-0.15, -0.1) is 0 Å². The first-order valence-corrected chi connectivity index (χ1v) is 5.24. The van der Waals surface area contributed by atoms with Gasteiger partial charge in [-0.25, -0.2) is 0 Å². The van der Waals surface area contributed by atoms with E-state index in [2.05, 4.69) is 36.6 Å². The van der Waals surface area contributed by atoms with Crippen LogP contribution in [0.3, 0.4) is 0 Å². The molecule has 0 unspecified atom stereocenters. The van der Waals surface area contributed by atoms with Gasteiger partial charge in [0.2, 0.25) is 0 Å². The highest BCUT2D eigenvalue weighted by Gasteiger charge is 1.95. The molecule has 0 spiro atoms. The molecular formula is C11H16N2S. The molecular weight excluding hydrogens is 192 g/mol. The van der Waals surface area contributed by atoms with E-state index in [1.165, 1.54) is 5.56 Å². The maximum atomic E-state index is 5.11. The lowest BCUT2D eigenvalue weighted by molar-refractivity contribution is 0.846. The van der Waals surface area contributed by atoms with Crippen molar-refractivity contribution in [2.45, 2.75) is 20.3 Å². The molecule has 0 saturated carbocycles. The Labute approximate surface area is 90.7 Å². The van der Waals surface area contributed by atoms with Gasteiger partial charge in [0.15, 0.2) is 5.11 Å². The van der Waals surface area contributed by atoms with E-state index in [1.54, 1.807) is 0 Å². The molecule has 0 aliphatic rings. The van der Waals surface area contributed by atoms with E-state index in [4.69, 9.17) is 12.2 Å². The van der Waals surface area contributed by atoms with E-state index in [0.29, 0.717) is 5.11 Å². The third kappa shape index (κ3) is 3.75. The lowest BCUT2D eigenvalue weighted by atomic mass is 10.2. The Morgan fingerprint density at radius 2 is 1.93 bits per heavy atom. The molecule has 0 heterocycles. The number of hydrogen-bond acceptors (Lipinski definition) is 1. The fraction of sp³-hybridized carbons (Fsp3) is 0.364. The first-order chi connectivity index (χ1) is 6.72. The SMILES string of the molecule is CCCNC(=S)Nc1ccc(C)cc1. The third-order valence-electron chi connectivity index (χ3n) is 1.84. The van der Waals surface area contributed by atoms with Crippen molar-refractivity contribution in [3.8, 4) is 0 Å². The molecule has 0 radical (unpaired) electrons. The maximum absolute atomic E-state index is 5.11. The summed E-state index contributed by atoms with van der Waals surface area (Å²) in [5.74, 6) is 0. The standard InChI is InChI=1S/C11H16N2S/c1-3-8-12-11(14)13-10-6-4-9(2)5-7-10/h4-7H,3,8H2,1-2H3,(H2,12,13,14). The van der Waals surface area contributed by atoms with Crippen LogP contribution in [0.25, 0.3) is 0 Å². The summed E-state index contributed by atoms with van der Waals surface area (Å²) in [5, 5.41) is 6.93. The molecule has 1 aromatic rings. The molecule has 2 N–H and O–H groups in total. The van der Waals surface area contributed by atoms with Crippen LogP contribution in [0.5, 0.6) is 0 Å². The quantitative estimate of drug-likeness (QED) is 0.747. The van der Waals surface area contributed by atoms with Crippen molar-refractivity contribution in [2.24, 2.45) is 0 Å². The van der Waals surface area contributed by atoms with Crippen LogP contribution in [0.1, 0.15) is 18.9 Å². The predicted octanol–water partition coefficient (Wildman–Crippen LogP) is 2.69. The number of nitrogens with one attached hydrogen (secondary N) is 2. The fourth-order valence-electron chi connectivity index (χ4n) is 1.05. The number of anilines is 1. The van der Waals surface area contributed by atoms with E-state index in [9.17, 15) is 0 Å². The monoisotopic (exact) mass is 208 g/mol. The van der Waals surface area contributed by atoms with E-state index < -0.39 is 0 Å². The van der Waals surface area contributed by atoms with Gasteiger partial charge in [0, 0.05) is 12.2 Å². The molecule has 0 saturated heterocycles. The molecule has 2 nitrogen and oxygen atoms in total. The van der Waals surface area contributed by atoms with E-state index in [1.807, 2.05) is 12.1 Å². The smallest absolute Gasteiger partial charge is 0.170 e. The van der Waals surface area contributed by atoms with Crippen molar-refractivity contribution >= 4 is 23.0 Å². The van der Waals surface area contributed by atoms with Gasteiger partial charge < -0.3 is 10.6 Å². The molecule has 0 aliphatic heterocycles. The van der Waals surface area contributed by atoms with Crippen molar-refractivity contribution in [3.05, 3.63) is 29.8 Å². The van der Waals surface area contributed by atoms with Crippen molar-refractivity contribution < 1.29 is 0 Å². The van der Waals surface area contributed by atoms with Crippen LogP contribution in [0.15, 0.2) is 24.3 Å². The minimum absolute atomic E-state index is 0.690. The third-order valence-corrected chi connectivity index (χ3v) is 2.09. The number of aryl methyl sites for hydroxylation is 1. The van der Waals surface area contributed by atoms with Crippen LogP contribution in [0.2, 0.25) is 0 Å². The molecule has 0 amide bonds. The zero-order chi connectivity index (χ0) is 10.4. The average molecular weight is 208 g/mol. The van der Waals surface area contributed by atoms with Crippen LogP contribution in [0, 0.1) is 6.92 Å². The first-order valence-electron chi connectivity index (χ1n) is 4.84. The molecule has 0 atom stereocenters. The second-order valence-electron chi connectivity index (χ2n) is 3.25. The lowest BCUT2D eigenvalue weighted by Crippen LogP contribution is -2.28. The van der Waals surface area contributed by atoms with Crippen LogP contribution < -0.4 is 10.6 Å². The van der Waals surface area contributed by atoms with Crippen molar-refractivity contribution in [3.63, 3.8) is 0 Å². The summed E-state index contributed by atoms with van der Waals surface area (Å²) < 4.78 is 0. The van der Waals surface area contributed by atoms with Crippen LogP contribution in [0.4, 0.5) is 5.69 Å². The van der Waals surface area contributed by atoms with Crippen molar-refractivity contribution in [1.82, 2.24) is 5.32 Å². The van der Waals surface area contributed by atoms with E-state index in [0.717, 1.165) is 18.7 Å². The zero-order valence-corrected chi connectivity index (χ0v) is 9.45. The Bertz CT molecular complexity index is 293. The van der Waals surface area contributed by atoms with Gasteiger partial charge >= 0.3 is 0 Å². The molecule has 0 aliphatic carbocycles. The lowest BCUT2D eigenvalue weighted by Gasteiger charge is -2.09. The summed E-state index contributed by atoms with van der Waals surface area (Å²) in [6.45, 7) is 5.09. The molecule has 14 heavy (non-hydrogen) atoms. The Morgan fingerprint density at radius 1 is 1.29 bits per heavy atom. The molecule has 0 bridgehead atoms. The van der Waals surface area contributed by atoms with Gasteiger partial charge in [0.1, 0.15) is 0 Å². The number of benzene rings is 1. The van der Waals surface area contributed by atoms with Gasteiger partial charge in [-0.05, 0) is 37.7 Å². The summed E-state index contributed by atoms with van der Waals surface area (Å²) in [5.41, 5.74) is 2.28. The van der Waals surface area contributed by atoms with Gasteiger partial charge in [0.25, 0.3) is 0 Å². The second-order valence-corrected chi connectivity index (χ2v) is 3.66. The largest absolute Gasteiger partial charge is 0.362 e. The predicted molar refractivity (Wildman–Crippen MR) is 65.7 cm³/mol. The highest BCUT2D eigenvalue weighted by Crippen LogP contribution is 2.07. The fourth-order valence-corrected chi connectivity index (χ4v) is 1.27. The maximum Gasteiger partial charge on any atom is 0.170 e. The summed E-state index contributed by atoms with van der Waals surface area (Å²) in [6, 6.07) is 8.17. The minimum Gasteiger partial charge on any atom is -0.362 e. The summed E-state index contributed by atoms with van der Waals surface area (Å²) in [7, 11) is 0. The minimum atomic E-state index is 0.690. The second kappa shape index (κ2) is 5.60. The average Bonchev–Trinajstić information content (AvgIpc) is 2.18. The van der Waals surface area contributed by atoms with Crippen LogP contribution in [-0.4, -0.2) is 11.7 Å². The molecule has 0 fully saturated rings. The Balaban J connectivity index is 2.44.